The zero-order valence-corrected chi connectivity index (χ0v) is 28.4. The van der Waals surface area contributed by atoms with Gasteiger partial charge in [0, 0.05) is 7.14 Å². The van der Waals surface area contributed by atoms with Gasteiger partial charge in [-0.2, -0.15) is 0 Å². The first-order chi connectivity index (χ1) is 18.5. The number of benzene rings is 1. The summed E-state index contributed by atoms with van der Waals surface area (Å²) in [6, 6.07) is 3.50. The number of unbranched alkanes of at least 4 members (excludes halogenated alkanes) is 18. The summed E-state index contributed by atoms with van der Waals surface area (Å²) in [6.45, 7) is 5.40. The van der Waals surface area contributed by atoms with Crippen LogP contribution in [0.25, 0.3) is 0 Å². The number of carbonyl (C=O) groups excluding carboxylic acids is 2. The molecule has 0 fully saturated rings. The molecule has 218 valence electrons. The minimum atomic E-state index is -0.312. The maximum Gasteiger partial charge on any atom is 0.339 e. The van der Waals surface area contributed by atoms with Gasteiger partial charge in [0.15, 0.2) is 0 Å². The van der Waals surface area contributed by atoms with Crippen LogP contribution < -0.4 is 0 Å². The number of esters is 2. The third-order valence-corrected chi connectivity index (χ3v) is 8.74. The Kier molecular flexibility index (Phi) is 22.9. The molecule has 6 heteroatoms. The molecule has 0 bridgehead atoms. The molecule has 0 unspecified atom stereocenters. The summed E-state index contributed by atoms with van der Waals surface area (Å²) >= 11 is 4.22. The molecule has 38 heavy (non-hydrogen) atoms. The maximum atomic E-state index is 12.6. The smallest absolute Gasteiger partial charge is 0.339 e. The number of halogens is 2. The number of carbonyl (C=O) groups is 2. The fourth-order valence-corrected chi connectivity index (χ4v) is 5.90. The molecule has 0 aliphatic carbocycles. The highest BCUT2D eigenvalue weighted by molar-refractivity contribution is 14.1. The van der Waals surface area contributed by atoms with E-state index in [4.69, 9.17) is 9.47 Å². The molecule has 0 radical (unpaired) electrons. The molecule has 0 aromatic heterocycles. The lowest BCUT2D eigenvalue weighted by Crippen LogP contribution is -2.13. The zero-order chi connectivity index (χ0) is 27.8. The summed E-state index contributed by atoms with van der Waals surface area (Å²) < 4.78 is 12.5. The van der Waals surface area contributed by atoms with E-state index in [0.717, 1.165) is 32.8 Å². The number of hydrogen-bond acceptors (Lipinski definition) is 4. The Morgan fingerprint density at radius 3 is 1.05 bits per heavy atom. The van der Waals surface area contributed by atoms with Crippen LogP contribution in [0.15, 0.2) is 12.1 Å². The predicted octanol–water partition coefficient (Wildman–Crippen LogP) is 11.1. The first-order valence-corrected chi connectivity index (χ1v) is 17.5. The van der Waals surface area contributed by atoms with Crippen molar-refractivity contribution in [2.24, 2.45) is 0 Å². The molecule has 1 rings (SSSR count). The predicted molar refractivity (Wildman–Crippen MR) is 176 cm³/mol. The van der Waals surface area contributed by atoms with Crippen LogP contribution in [0.3, 0.4) is 0 Å². The maximum absolute atomic E-state index is 12.6. The van der Waals surface area contributed by atoms with Gasteiger partial charge in [0.1, 0.15) is 0 Å². The highest BCUT2D eigenvalue weighted by atomic mass is 127. The van der Waals surface area contributed by atoms with Crippen LogP contribution in [0, 0.1) is 7.14 Å². The molecular weight excluding hydrogens is 702 g/mol. The SMILES string of the molecule is CCCCCCCCCCCCOC(=O)c1cc(I)c(C(=O)OCCCCCCCCCCCC)cc1I. The van der Waals surface area contributed by atoms with Crippen molar-refractivity contribution >= 4 is 57.1 Å². The molecule has 0 amide bonds. The van der Waals surface area contributed by atoms with Crippen LogP contribution in [-0.4, -0.2) is 25.2 Å². The summed E-state index contributed by atoms with van der Waals surface area (Å²) in [7, 11) is 0. The van der Waals surface area contributed by atoms with Gasteiger partial charge in [0.2, 0.25) is 0 Å². The van der Waals surface area contributed by atoms with E-state index < -0.39 is 0 Å². The summed E-state index contributed by atoms with van der Waals surface area (Å²) in [5.74, 6) is -0.623. The van der Waals surface area contributed by atoms with Crippen LogP contribution in [0.4, 0.5) is 0 Å². The van der Waals surface area contributed by atoms with Gasteiger partial charge in [0.25, 0.3) is 0 Å². The third-order valence-electron chi connectivity index (χ3n) is 6.96. The van der Waals surface area contributed by atoms with Crippen LogP contribution in [0.1, 0.15) is 163 Å². The van der Waals surface area contributed by atoms with Crippen molar-refractivity contribution in [2.45, 2.75) is 142 Å². The van der Waals surface area contributed by atoms with Crippen LogP contribution in [0.5, 0.6) is 0 Å². The second kappa shape index (κ2) is 24.4. The van der Waals surface area contributed by atoms with Crippen molar-refractivity contribution in [3.05, 3.63) is 30.4 Å². The van der Waals surface area contributed by atoms with E-state index >= 15 is 0 Å². The second-order valence-corrected chi connectivity index (χ2v) is 12.8. The molecule has 0 saturated heterocycles. The summed E-state index contributed by atoms with van der Waals surface area (Å²) in [5.41, 5.74) is 1.04. The van der Waals surface area contributed by atoms with Crippen molar-refractivity contribution in [3.8, 4) is 0 Å². The topological polar surface area (TPSA) is 52.6 Å². The first kappa shape index (κ1) is 35.6. The Morgan fingerprint density at radius 1 is 0.500 bits per heavy atom. The number of hydrogen-bond donors (Lipinski definition) is 0. The van der Waals surface area contributed by atoms with Gasteiger partial charge in [-0.1, -0.05) is 129 Å². The van der Waals surface area contributed by atoms with Crippen molar-refractivity contribution < 1.29 is 19.1 Å². The summed E-state index contributed by atoms with van der Waals surface area (Å²) in [4.78, 5) is 25.2. The van der Waals surface area contributed by atoms with Gasteiger partial charge < -0.3 is 9.47 Å². The van der Waals surface area contributed by atoms with Gasteiger partial charge in [-0.3, -0.25) is 0 Å². The average molecular weight is 755 g/mol. The lowest BCUT2D eigenvalue weighted by Gasteiger charge is -2.11. The molecule has 4 nitrogen and oxygen atoms in total. The largest absolute Gasteiger partial charge is 0.462 e. The Balaban J connectivity index is 2.22. The van der Waals surface area contributed by atoms with Crippen molar-refractivity contribution in [2.75, 3.05) is 13.2 Å². The van der Waals surface area contributed by atoms with Crippen molar-refractivity contribution in [1.82, 2.24) is 0 Å². The van der Waals surface area contributed by atoms with E-state index in [1.807, 2.05) is 0 Å². The van der Waals surface area contributed by atoms with Crippen molar-refractivity contribution in [1.29, 1.82) is 0 Å². The third kappa shape index (κ3) is 17.3. The quantitative estimate of drug-likeness (QED) is 0.0599. The molecular formula is C32H52I2O4. The summed E-state index contributed by atoms with van der Waals surface area (Å²) in [5, 5.41) is 0. The second-order valence-electron chi connectivity index (χ2n) is 10.4. The average Bonchev–Trinajstić information content (AvgIpc) is 2.91. The first-order valence-electron chi connectivity index (χ1n) is 15.3. The Morgan fingerprint density at radius 2 is 0.763 bits per heavy atom. The van der Waals surface area contributed by atoms with Gasteiger partial charge in [0.05, 0.1) is 24.3 Å². The van der Waals surface area contributed by atoms with Gasteiger partial charge in [-0.05, 0) is 70.2 Å². The minimum Gasteiger partial charge on any atom is -0.462 e. The fraction of sp³-hybridized carbons (Fsp3) is 0.750. The van der Waals surface area contributed by atoms with E-state index in [-0.39, 0.29) is 11.9 Å². The number of rotatable bonds is 24. The van der Waals surface area contributed by atoms with E-state index in [0.29, 0.717) is 24.3 Å². The standard InChI is InChI=1S/C32H52I2O4/c1-3-5-7-9-11-13-15-17-19-21-23-37-31(35)27-25-30(34)28(26-29(27)33)32(36)38-24-22-20-18-16-14-12-10-8-6-4-2/h25-26H,3-24H2,1-2H3. The van der Waals surface area contributed by atoms with Crippen LogP contribution in [-0.2, 0) is 9.47 Å². The fourth-order valence-electron chi connectivity index (χ4n) is 4.52. The molecule has 0 aliphatic heterocycles. The molecule has 0 aliphatic rings. The Labute approximate surface area is 260 Å². The van der Waals surface area contributed by atoms with Crippen LogP contribution >= 0.6 is 45.2 Å². The Bertz CT molecular complexity index is 702. The lowest BCUT2D eigenvalue weighted by atomic mass is 10.1. The van der Waals surface area contributed by atoms with Gasteiger partial charge >= 0.3 is 11.9 Å². The molecule has 0 spiro atoms. The molecule has 0 heterocycles. The van der Waals surface area contributed by atoms with Crippen LogP contribution in [0.2, 0.25) is 0 Å². The Hall–Kier alpha value is -0.380. The van der Waals surface area contributed by atoms with Crippen molar-refractivity contribution in [3.63, 3.8) is 0 Å². The summed E-state index contributed by atoms with van der Waals surface area (Å²) in [6.07, 6.45) is 25.0. The molecule has 1 aromatic carbocycles. The van der Waals surface area contributed by atoms with E-state index in [1.165, 1.54) is 103 Å². The zero-order valence-electron chi connectivity index (χ0n) is 24.1. The van der Waals surface area contributed by atoms with E-state index in [1.54, 1.807) is 12.1 Å². The molecule has 0 atom stereocenters. The number of ether oxygens (including phenoxy) is 2. The van der Waals surface area contributed by atoms with E-state index in [2.05, 4.69) is 59.0 Å². The highest BCUT2D eigenvalue weighted by Crippen LogP contribution is 2.23. The minimum absolute atomic E-state index is 0.312. The van der Waals surface area contributed by atoms with E-state index in [9.17, 15) is 9.59 Å². The lowest BCUT2D eigenvalue weighted by molar-refractivity contribution is 0.0481. The normalized spacial score (nSPS) is 11.1. The van der Waals surface area contributed by atoms with Gasteiger partial charge in [-0.15, -0.1) is 0 Å². The molecule has 1 aromatic rings. The molecule has 0 saturated carbocycles. The highest BCUT2D eigenvalue weighted by Gasteiger charge is 2.19. The monoisotopic (exact) mass is 754 g/mol. The van der Waals surface area contributed by atoms with Gasteiger partial charge in [-0.25, -0.2) is 9.59 Å². The molecule has 0 N–H and O–H groups in total.